The van der Waals surface area contributed by atoms with Crippen molar-refractivity contribution in [2.24, 2.45) is 0 Å². The predicted octanol–water partition coefficient (Wildman–Crippen LogP) is 3.32. The zero-order chi connectivity index (χ0) is 16.5. The van der Waals surface area contributed by atoms with Crippen molar-refractivity contribution < 1.29 is 14.6 Å². The highest BCUT2D eigenvalue weighted by atomic mass is 16.6. The van der Waals surface area contributed by atoms with Gasteiger partial charge in [0.1, 0.15) is 6.10 Å². The minimum absolute atomic E-state index is 0.103. The fourth-order valence-electron chi connectivity index (χ4n) is 1.96. The van der Waals surface area contributed by atoms with E-state index >= 15 is 0 Å². The van der Waals surface area contributed by atoms with Gasteiger partial charge in [-0.05, 0) is 13.3 Å². The number of unbranched alkanes of at least 4 members (excludes halogenated alkanes) is 1. The Labute approximate surface area is 131 Å². The number of nitrogens with one attached hydrogen (secondary N) is 2. The molecule has 0 fully saturated rings. The van der Waals surface area contributed by atoms with Gasteiger partial charge in [0.2, 0.25) is 0 Å². The summed E-state index contributed by atoms with van der Waals surface area (Å²) in [7, 11) is 0. The van der Waals surface area contributed by atoms with Crippen molar-refractivity contribution >= 4 is 11.8 Å². The van der Waals surface area contributed by atoms with Gasteiger partial charge in [-0.1, -0.05) is 50.1 Å². The van der Waals surface area contributed by atoms with Crippen LogP contribution < -0.4 is 5.32 Å². The monoisotopic (exact) mass is 305 g/mol. The Bertz CT molecular complexity index is 534. The number of ether oxygens (including phenoxy) is 1. The molecule has 1 aromatic rings. The van der Waals surface area contributed by atoms with Gasteiger partial charge in [0.25, 0.3) is 5.76 Å². The maximum absolute atomic E-state index is 11.9. The Morgan fingerprint density at radius 1 is 1.36 bits per heavy atom. The van der Waals surface area contributed by atoms with E-state index in [0.717, 1.165) is 19.3 Å². The molecule has 0 aliphatic carbocycles. The van der Waals surface area contributed by atoms with Crippen molar-refractivity contribution in [2.45, 2.75) is 46.1 Å². The fourth-order valence-corrected chi connectivity index (χ4v) is 1.96. The second-order valence-corrected chi connectivity index (χ2v) is 5.22. The highest BCUT2D eigenvalue weighted by molar-refractivity contribution is 6.11. The van der Waals surface area contributed by atoms with Crippen molar-refractivity contribution in [3.63, 3.8) is 0 Å². The van der Waals surface area contributed by atoms with Crippen LogP contribution in [0, 0.1) is 5.41 Å². The molecule has 0 spiro atoms. The Hall–Kier alpha value is -2.30. The Morgan fingerprint density at radius 2 is 2.00 bits per heavy atom. The summed E-state index contributed by atoms with van der Waals surface area (Å²) in [5.74, 6) is 0.118. The third-order valence-corrected chi connectivity index (χ3v) is 3.19. The van der Waals surface area contributed by atoms with E-state index in [1.165, 1.54) is 6.92 Å². The number of carbonyl (C=O) groups excluding carboxylic acids is 1. The molecule has 1 aromatic carbocycles. The SMILES string of the molecule is CCCCC(C)OC(=O)N/C(C(=N)c1ccccc1)=C(\C)[OH2+]. The van der Waals surface area contributed by atoms with Crippen molar-refractivity contribution in [1.82, 2.24) is 5.32 Å². The lowest BCUT2D eigenvalue weighted by Crippen LogP contribution is -2.31. The van der Waals surface area contributed by atoms with Crippen molar-refractivity contribution in [1.29, 1.82) is 5.41 Å². The molecule has 1 unspecified atom stereocenters. The van der Waals surface area contributed by atoms with Crippen LogP contribution in [0.5, 0.6) is 0 Å². The molecule has 120 valence electrons. The van der Waals surface area contributed by atoms with Gasteiger partial charge >= 0.3 is 6.09 Å². The molecule has 1 amide bonds. The summed E-state index contributed by atoms with van der Waals surface area (Å²) < 4.78 is 5.25. The maximum atomic E-state index is 11.9. The maximum Gasteiger partial charge on any atom is 0.412 e. The zero-order valence-corrected chi connectivity index (χ0v) is 13.4. The van der Waals surface area contributed by atoms with Gasteiger partial charge in [-0.2, -0.15) is 0 Å². The third kappa shape index (κ3) is 5.60. The molecule has 0 saturated carbocycles. The average Bonchev–Trinajstić information content (AvgIpc) is 2.50. The quantitative estimate of drug-likeness (QED) is 0.460. The van der Waals surface area contributed by atoms with Gasteiger partial charge in [0.15, 0.2) is 5.70 Å². The van der Waals surface area contributed by atoms with Gasteiger partial charge in [0.05, 0.1) is 5.71 Å². The van der Waals surface area contributed by atoms with Crippen LogP contribution >= 0.6 is 0 Å². The molecule has 5 heteroatoms. The normalized spacial score (nSPS) is 13.0. The van der Waals surface area contributed by atoms with Crippen molar-refractivity contribution in [2.75, 3.05) is 0 Å². The van der Waals surface area contributed by atoms with Crippen LogP contribution in [-0.4, -0.2) is 23.0 Å². The van der Waals surface area contributed by atoms with E-state index in [9.17, 15) is 4.79 Å². The van der Waals surface area contributed by atoms with E-state index in [1.807, 2.05) is 25.1 Å². The van der Waals surface area contributed by atoms with Crippen LogP contribution in [0.25, 0.3) is 0 Å². The van der Waals surface area contributed by atoms with Gasteiger partial charge in [-0.3, -0.25) is 10.7 Å². The lowest BCUT2D eigenvalue weighted by Gasteiger charge is -2.15. The second-order valence-electron chi connectivity index (χ2n) is 5.22. The topological polar surface area (TPSA) is 85.1 Å². The summed E-state index contributed by atoms with van der Waals surface area (Å²) in [5, 5.41) is 18.5. The van der Waals surface area contributed by atoms with Crippen LogP contribution in [0.3, 0.4) is 0 Å². The summed E-state index contributed by atoms with van der Waals surface area (Å²) in [5.41, 5.74) is 0.911. The second kappa shape index (κ2) is 8.87. The van der Waals surface area contributed by atoms with Gasteiger partial charge in [0, 0.05) is 12.5 Å². The highest BCUT2D eigenvalue weighted by Gasteiger charge is 2.19. The van der Waals surface area contributed by atoms with Crippen LogP contribution in [0.15, 0.2) is 41.8 Å². The third-order valence-electron chi connectivity index (χ3n) is 3.19. The molecule has 0 radical (unpaired) electrons. The van der Waals surface area contributed by atoms with E-state index in [0.29, 0.717) is 5.56 Å². The number of carbonyl (C=O) groups is 1. The van der Waals surface area contributed by atoms with Crippen LogP contribution in [0.4, 0.5) is 4.79 Å². The summed E-state index contributed by atoms with van der Waals surface area (Å²) in [6.45, 7) is 5.46. The number of hydrogen-bond acceptors (Lipinski definition) is 3. The molecule has 0 heterocycles. The van der Waals surface area contributed by atoms with Crippen LogP contribution in [0.1, 0.15) is 45.6 Å². The zero-order valence-electron chi connectivity index (χ0n) is 13.4. The molecule has 22 heavy (non-hydrogen) atoms. The minimum atomic E-state index is -0.620. The minimum Gasteiger partial charge on any atom is -0.595 e. The summed E-state index contributed by atoms with van der Waals surface area (Å²) in [4.78, 5) is 11.9. The van der Waals surface area contributed by atoms with Crippen molar-refractivity contribution in [3.05, 3.63) is 47.4 Å². The molecule has 5 nitrogen and oxygen atoms in total. The average molecular weight is 305 g/mol. The summed E-state index contributed by atoms with van der Waals surface area (Å²) in [6.07, 6.45) is 2.04. The Kier molecular flexibility index (Phi) is 7.16. The number of amides is 1. The van der Waals surface area contributed by atoms with Crippen LogP contribution in [-0.2, 0) is 4.74 Å². The first kappa shape index (κ1) is 17.8. The number of hydrogen-bond donors (Lipinski definition) is 2. The van der Waals surface area contributed by atoms with Gasteiger partial charge in [-0.15, -0.1) is 0 Å². The molecule has 0 aliphatic rings. The number of rotatable bonds is 7. The first-order chi connectivity index (χ1) is 10.5. The first-order valence-electron chi connectivity index (χ1n) is 7.50. The highest BCUT2D eigenvalue weighted by Crippen LogP contribution is 2.10. The molecular weight excluding hydrogens is 280 g/mol. The van der Waals surface area contributed by atoms with E-state index in [2.05, 4.69) is 12.2 Å². The number of allylic oxidation sites excluding steroid dienone is 2. The van der Waals surface area contributed by atoms with E-state index in [1.54, 1.807) is 12.1 Å². The molecule has 0 aliphatic heterocycles. The smallest absolute Gasteiger partial charge is 0.412 e. The lowest BCUT2D eigenvalue weighted by atomic mass is 10.1. The van der Waals surface area contributed by atoms with Crippen LogP contribution in [0.2, 0.25) is 0 Å². The standard InChI is InChI=1S/C17H24N2O3/c1-4-5-9-12(2)22-17(21)19-16(13(3)20)15(18)14-10-7-6-8-11-14/h6-8,10-12,18,20H,4-5,9H2,1-3H3,(H,19,21)/p+1/b16-13+,18-15?. The first-order valence-corrected chi connectivity index (χ1v) is 7.50. The van der Waals surface area contributed by atoms with Gasteiger partial charge < -0.3 is 9.84 Å². The lowest BCUT2D eigenvalue weighted by molar-refractivity contribution is 0.103. The molecule has 0 bridgehead atoms. The van der Waals surface area contributed by atoms with Crippen molar-refractivity contribution in [3.8, 4) is 0 Å². The van der Waals surface area contributed by atoms with Gasteiger partial charge in [-0.25, -0.2) is 4.79 Å². The molecule has 1 atom stereocenters. The molecule has 0 aromatic heterocycles. The van der Waals surface area contributed by atoms with E-state index in [-0.39, 0.29) is 23.3 Å². The Morgan fingerprint density at radius 3 is 2.55 bits per heavy atom. The molecule has 1 rings (SSSR count). The summed E-state index contributed by atoms with van der Waals surface area (Å²) >= 11 is 0. The predicted molar refractivity (Wildman–Crippen MR) is 88.2 cm³/mol. The fraction of sp³-hybridized carbons (Fsp3) is 0.412. The Balaban J connectivity index is 2.72. The summed E-state index contributed by atoms with van der Waals surface area (Å²) in [6, 6.07) is 9.01. The largest absolute Gasteiger partial charge is 0.595 e. The number of alkyl carbamates (subject to hydrolysis) is 1. The molecule has 4 N–H and O–H groups in total. The van der Waals surface area contributed by atoms with E-state index in [4.69, 9.17) is 15.3 Å². The molecule has 0 saturated heterocycles. The molecular formula is C17H25N2O3+. The number of benzene rings is 1. The van der Waals surface area contributed by atoms with E-state index < -0.39 is 6.09 Å².